The molecule has 0 spiro atoms. The lowest BCUT2D eigenvalue weighted by molar-refractivity contribution is -0.272. The molecule has 0 aromatic carbocycles. The maximum atomic E-state index is 12.0. The first kappa shape index (κ1) is 9.68. The van der Waals surface area contributed by atoms with E-state index in [4.69, 9.17) is 0 Å². The molecule has 1 atom stereocenters. The largest absolute Gasteiger partial charge is 0.389 e. The van der Waals surface area contributed by atoms with Gasteiger partial charge in [0.05, 0.1) is 6.61 Å². The third-order valence-electron chi connectivity index (χ3n) is 0.837. The Morgan fingerprint density at radius 2 is 2.00 bits per heavy atom. The predicted octanol–water partition coefficient (Wildman–Crippen LogP) is 1.92. The van der Waals surface area contributed by atoms with Gasteiger partial charge in [0.2, 0.25) is 6.17 Å². The molecular weight excluding hydrogens is 152 g/mol. The van der Waals surface area contributed by atoms with E-state index in [9.17, 15) is 17.6 Å². The van der Waals surface area contributed by atoms with Crippen molar-refractivity contribution in [1.82, 2.24) is 0 Å². The van der Waals surface area contributed by atoms with Crippen molar-refractivity contribution >= 4 is 0 Å². The lowest BCUT2D eigenvalue weighted by atomic mass is 10.4. The summed E-state index contributed by atoms with van der Waals surface area (Å²) < 4.78 is 50.7. The molecule has 0 saturated carbocycles. The number of hydrogen-bond donors (Lipinski definition) is 0. The number of rotatable bonds is 4. The molecule has 0 aliphatic rings. The summed E-state index contributed by atoms with van der Waals surface area (Å²) in [6.45, 7) is -0.792. The van der Waals surface area contributed by atoms with Crippen molar-refractivity contribution in [2.24, 2.45) is 0 Å². The van der Waals surface area contributed by atoms with E-state index in [-0.39, 0.29) is 6.61 Å². The highest BCUT2D eigenvalue weighted by Gasteiger charge is 2.41. The lowest BCUT2D eigenvalue weighted by Crippen LogP contribution is -2.34. The third kappa shape index (κ3) is 2.51. The van der Waals surface area contributed by atoms with Gasteiger partial charge in [-0.25, -0.2) is 8.78 Å². The van der Waals surface area contributed by atoms with E-state index in [1.807, 2.05) is 0 Å². The molecule has 1 nitrogen and oxygen atoms in total. The maximum absolute atomic E-state index is 12.0. The van der Waals surface area contributed by atoms with Crippen molar-refractivity contribution in [3.05, 3.63) is 0 Å². The first-order chi connectivity index (χ1) is 4.54. The summed E-state index contributed by atoms with van der Waals surface area (Å²) in [5.41, 5.74) is 0. The van der Waals surface area contributed by atoms with Gasteiger partial charge in [0.1, 0.15) is 6.67 Å². The van der Waals surface area contributed by atoms with Gasteiger partial charge in [-0.3, -0.25) is 0 Å². The molecule has 62 valence electrons. The molecular formula is C5H8F4O. The van der Waals surface area contributed by atoms with Crippen LogP contribution in [-0.4, -0.2) is 25.6 Å². The summed E-state index contributed by atoms with van der Waals surface area (Å²) >= 11 is 0. The van der Waals surface area contributed by atoms with Crippen LogP contribution >= 0.6 is 0 Å². The van der Waals surface area contributed by atoms with Crippen LogP contribution in [0.5, 0.6) is 0 Å². The minimum atomic E-state index is -3.98. The SMILES string of the molecule is CCOC(F)(F)C(F)CF. The minimum absolute atomic E-state index is 0.340. The Kier molecular flexibility index (Phi) is 3.63. The molecule has 0 fully saturated rings. The summed E-state index contributed by atoms with van der Waals surface area (Å²) in [6, 6.07) is 0. The van der Waals surface area contributed by atoms with Gasteiger partial charge in [-0.05, 0) is 6.92 Å². The van der Waals surface area contributed by atoms with Crippen LogP contribution in [0.15, 0.2) is 0 Å². The standard InChI is InChI=1S/C5H8F4O/c1-2-10-5(8,9)4(7)3-6/h4H,2-3H2,1H3. The van der Waals surface area contributed by atoms with Gasteiger partial charge >= 0.3 is 6.11 Å². The van der Waals surface area contributed by atoms with Crippen LogP contribution in [0.4, 0.5) is 17.6 Å². The number of alkyl halides is 4. The highest BCUT2D eigenvalue weighted by atomic mass is 19.3. The molecule has 0 aromatic rings. The van der Waals surface area contributed by atoms with Gasteiger partial charge in [0, 0.05) is 0 Å². The zero-order chi connectivity index (χ0) is 8.20. The third-order valence-corrected chi connectivity index (χ3v) is 0.837. The van der Waals surface area contributed by atoms with Crippen molar-refractivity contribution in [1.29, 1.82) is 0 Å². The smallest absolute Gasteiger partial charge is 0.318 e. The Morgan fingerprint density at radius 3 is 2.30 bits per heavy atom. The fourth-order valence-corrected chi connectivity index (χ4v) is 0.373. The van der Waals surface area contributed by atoms with Crippen LogP contribution in [0.3, 0.4) is 0 Å². The molecule has 0 aliphatic heterocycles. The fraction of sp³-hybridized carbons (Fsp3) is 1.00. The van der Waals surface area contributed by atoms with E-state index in [0.717, 1.165) is 0 Å². The Labute approximate surface area is 56.0 Å². The molecule has 0 aromatic heterocycles. The monoisotopic (exact) mass is 160 g/mol. The Bertz CT molecular complexity index is 95.6. The number of hydrogen-bond acceptors (Lipinski definition) is 1. The molecule has 0 heterocycles. The number of halogens is 4. The first-order valence-electron chi connectivity index (χ1n) is 2.76. The Morgan fingerprint density at radius 1 is 1.50 bits per heavy atom. The second kappa shape index (κ2) is 3.75. The first-order valence-corrected chi connectivity index (χ1v) is 2.76. The van der Waals surface area contributed by atoms with E-state index in [0.29, 0.717) is 0 Å². The zero-order valence-electron chi connectivity index (χ0n) is 5.41. The van der Waals surface area contributed by atoms with Gasteiger partial charge in [0.15, 0.2) is 0 Å². The molecule has 0 saturated heterocycles. The Hall–Kier alpha value is -0.320. The molecule has 10 heavy (non-hydrogen) atoms. The second-order valence-corrected chi connectivity index (χ2v) is 1.62. The predicted molar refractivity (Wildman–Crippen MR) is 27.4 cm³/mol. The van der Waals surface area contributed by atoms with Crippen LogP contribution in [-0.2, 0) is 4.74 Å². The van der Waals surface area contributed by atoms with Crippen LogP contribution in [0, 0.1) is 0 Å². The fourth-order valence-electron chi connectivity index (χ4n) is 0.373. The van der Waals surface area contributed by atoms with Crippen molar-refractivity contribution in [2.45, 2.75) is 19.2 Å². The van der Waals surface area contributed by atoms with E-state index >= 15 is 0 Å². The summed E-state index contributed by atoms with van der Waals surface area (Å²) in [6.07, 6.45) is -6.84. The molecule has 0 N–H and O–H groups in total. The Balaban J connectivity index is 3.82. The summed E-state index contributed by atoms with van der Waals surface area (Å²) in [7, 11) is 0. The van der Waals surface area contributed by atoms with Crippen LogP contribution < -0.4 is 0 Å². The van der Waals surface area contributed by atoms with Gasteiger partial charge in [-0.2, -0.15) is 8.78 Å². The van der Waals surface area contributed by atoms with Crippen molar-refractivity contribution in [3.8, 4) is 0 Å². The van der Waals surface area contributed by atoms with Crippen molar-refractivity contribution in [2.75, 3.05) is 13.3 Å². The van der Waals surface area contributed by atoms with Gasteiger partial charge in [-0.1, -0.05) is 0 Å². The van der Waals surface area contributed by atoms with E-state index in [1.54, 1.807) is 0 Å². The van der Waals surface area contributed by atoms with Crippen LogP contribution in [0.1, 0.15) is 6.92 Å². The average molecular weight is 160 g/mol. The maximum Gasteiger partial charge on any atom is 0.389 e. The molecule has 0 aliphatic carbocycles. The molecule has 5 heteroatoms. The van der Waals surface area contributed by atoms with Gasteiger partial charge in [-0.15, -0.1) is 0 Å². The van der Waals surface area contributed by atoms with Crippen LogP contribution in [0.2, 0.25) is 0 Å². The lowest BCUT2D eigenvalue weighted by Gasteiger charge is -2.16. The molecule has 0 bridgehead atoms. The van der Waals surface area contributed by atoms with E-state index < -0.39 is 19.0 Å². The summed E-state index contributed by atoms with van der Waals surface area (Å²) in [5.74, 6) is 0. The molecule has 1 unspecified atom stereocenters. The highest BCUT2D eigenvalue weighted by Crippen LogP contribution is 2.22. The van der Waals surface area contributed by atoms with Crippen LogP contribution in [0.25, 0.3) is 0 Å². The highest BCUT2D eigenvalue weighted by molar-refractivity contribution is 4.65. The van der Waals surface area contributed by atoms with Crippen molar-refractivity contribution in [3.63, 3.8) is 0 Å². The van der Waals surface area contributed by atoms with Gasteiger partial charge < -0.3 is 4.74 Å². The summed E-state index contributed by atoms with van der Waals surface area (Å²) in [5, 5.41) is 0. The van der Waals surface area contributed by atoms with E-state index in [1.165, 1.54) is 6.92 Å². The zero-order valence-corrected chi connectivity index (χ0v) is 5.41. The quantitative estimate of drug-likeness (QED) is 0.571. The molecule has 0 amide bonds. The molecule has 0 rings (SSSR count). The second-order valence-electron chi connectivity index (χ2n) is 1.62. The van der Waals surface area contributed by atoms with Crippen molar-refractivity contribution < 1.29 is 22.3 Å². The molecule has 0 radical (unpaired) electrons. The number of ether oxygens (including phenoxy) is 1. The average Bonchev–Trinajstić information content (AvgIpc) is 1.86. The summed E-state index contributed by atoms with van der Waals surface area (Å²) in [4.78, 5) is 0. The normalized spacial score (nSPS) is 15.3. The van der Waals surface area contributed by atoms with E-state index in [2.05, 4.69) is 4.74 Å². The topological polar surface area (TPSA) is 9.23 Å². The minimum Gasteiger partial charge on any atom is -0.318 e. The van der Waals surface area contributed by atoms with Gasteiger partial charge in [0.25, 0.3) is 0 Å².